The summed E-state index contributed by atoms with van der Waals surface area (Å²) >= 11 is 5.05. The molecule has 0 radical (unpaired) electrons. The van der Waals surface area contributed by atoms with Crippen LogP contribution in [-0.4, -0.2) is 17.1 Å². The minimum Gasteiger partial charge on any atom is -0.373 e. The number of aromatic nitrogens is 2. The fraction of sp³-hybridized carbons (Fsp3) is 0.600. The molecule has 1 aromatic rings. The van der Waals surface area contributed by atoms with Gasteiger partial charge in [0.1, 0.15) is 16.6 Å². The summed E-state index contributed by atoms with van der Waals surface area (Å²) in [5.74, 6) is 1.19. The lowest BCUT2D eigenvalue weighted by atomic mass is 10.1. The molecule has 0 aliphatic rings. The lowest BCUT2D eigenvalue weighted by molar-refractivity contribution is 0.0572. The Hall–Kier alpha value is -0.740. The van der Waals surface area contributed by atoms with Crippen LogP contribution in [0.1, 0.15) is 31.5 Å². The smallest absolute Gasteiger partial charge is 0.137 e. The number of hydrogen-bond acceptors (Lipinski definition) is 3. The Bertz CT molecular complexity index is 359. The van der Waals surface area contributed by atoms with Gasteiger partial charge in [-0.3, -0.25) is 0 Å². The largest absolute Gasteiger partial charge is 0.373 e. The fourth-order valence-corrected chi connectivity index (χ4v) is 1.71. The molecule has 0 fully saturated rings. The zero-order valence-corrected chi connectivity index (χ0v) is 9.81. The van der Waals surface area contributed by atoms with Crippen LogP contribution in [0.2, 0.25) is 0 Å². The molecule has 78 valence electrons. The SMILES string of the molecule is COC(c1nc(=S)cc(C)[nH]1)C(C)C. The van der Waals surface area contributed by atoms with Gasteiger partial charge in [0.05, 0.1) is 0 Å². The van der Waals surface area contributed by atoms with Crippen LogP contribution in [-0.2, 0) is 4.74 Å². The third-order valence-electron chi connectivity index (χ3n) is 2.02. The van der Waals surface area contributed by atoms with Crippen molar-refractivity contribution in [1.82, 2.24) is 9.97 Å². The van der Waals surface area contributed by atoms with E-state index in [2.05, 4.69) is 23.8 Å². The average molecular weight is 212 g/mol. The van der Waals surface area contributed by atoms with Crippen molar-refractivity contribution in [2.45, 2.75) is 26.9 Å². The maximum Gasteiger partial charge on any atom is 0.137 e. The lowest BCUT2D eigenvalue weighted by Gasteiger charge is -2.18. The Morgan fingerprint density at radius 1 is 1.50 bits per heavy atom. The number of ether oxygens (including phenoxy) is 1. The molecule has 1 unspecified atom stereocenters. The minimum absolute atomic E-state index is 0.0170. The van der Waals surface area contributed by atoms with Crippen molar-refractivity contribution in [3.63, 3.8) is 0 Å². The van der Waals surface area contributed by atoms with E-state index in [0.717, 1.165) is 11.5 Å². The molecule has 14 heavy (non-hydrogen) atoms. The molecule has 1 atom stereocenters. The Labute approximate surface area is 89.5 Å². The predicted octanol–water partition coefficient (Wildman–Crippen LogP) is 2.79. The van der Waals surface area contributed by atoms with E-state index in [1.807, 2.05) is 13.0 Å². The van der Waals surface area contributed by atoms with Gasteiger partial charge in [0.25, 0.3) is 0 Å². The van der Waals surface area contributed by atoms with Crippen molar-refractivity contribution in [2.24, 2.45) is 5.92 Å². The molecule has 0 aromatic carbocycles. The van der Waals surface area contributed by atoms with Crippen LogP contribution in [0.25, 0.3) is 0 Å². The zero-order valence-electron chi connectivity index (χ0n) is 9.00. The van der Waals surface area contributed by atoms with Gasteiger partial charge in [-0.25, -0.2) is 4.98 Å². The molecule has 0 bridgehead atoms. The number of aryl methyl sites for hydroxylation is 1. The van der Waals surface area contributed by atoms with Crippen LogP contribution >= 0.6 is 12.2 Å². The second kappa shape index (κ2) is 4.66. The standard InChI is InChI=1S/C10H16N2OS/c1-6(2)9(13-4)10-11-7(3)5-8(14)12-10/h5-6,9H,1-4H3,(H,11,12,14). The predicted molar refractivity (Wildman–Crippen MR) is 58.7 cm³/mol. The molecule has 0 aliphatic heterocycles. The highest BCUT2D eigenvalue weighted by Gasteiger charge is 2.17. The topological polar surface area (TPSA) is 37.9 Å². The molecule has 0 amide bonds. The van der Waals surface area contributed by atoms with Gasteiger partial charge in [-0.05, 0) is 18.9 Å². The van der Waals surface area contributed by atoms with Crippen LogP contribution in [0.4, 0.5) is 0 Å². The van der Waals surface area contributed by atoms with Crippen molar-refractivity contribution in [3.8, 4) is 0 Å². The van der Waals surface area contributed by atoms with Gasteiger partial charge in [-0.2, -0.15) is 0 Å². The Morgan fingerprint density at radius 2 is 2.14 bits per heavy atom. The molecule has 3 nitrogen and oxygen atoms in total. The monoisotopic (exact) mass is 212 g/mol. The van der Waals surface area contributed by atoms with Gasteiger partial charge in [0, 0.05) is 12.8 Å². The van der Waals surface area contributed by atoms with Crippen molar-refractivity contribution in [3.05, 3.63) is 22.2 Å². The number of methoxy groups -OCH3 is 1. The van der Waals surface area contributed by atoms with E-state index in [0.29, 0.717) is 10.6 Å². The summed E-state index contributed by atoms with van der Waals surface area (Å²) in [5.41, 5.74) is 1.02. The maximum atomic E-state index is 5.37. The highest BCUT2D eigenvalue weighted by molar-refractivity contribution is 7.71. The molecule has 0 spiro atoms. The zero-order chi connectivity index (χ0) is 10.7. The van der Waals surface area contributed by atoms with Gasteiger partial charge in [0.15, 0.2) is 0 Å². The first-order valence-electron chi connectivity index (χ1n) is 4.65. The van der Waals surface area contributed by atoms with Gasteiger partial charge in [-0.15, -0.1) is 0 Å². The molecular weight excluding hydrogens is 196 g/mol. The summed E-state index contributed by atoms with van der Waals surface area (Å²) in [6.07, 6.45) is -0.0170. The van der Waals surface area contributed by atoms with Crippen LogP contribution in [0.5, 0.6) is 0 Å². The summed E-state index contributed by atoms with van der Waals surface area (Å²) in [7, 11) is 1.69. The van der Waals surface area contributed by atoms with Crippen LogP contribution in [0.15, 0.2) is 6.07 Å². The van der Waals surface area contributed by atoms with E-state index in [-0.39, 0.29) is 6.10 Å². The van der Waals surface area contributed by atoms with Crippen molar-refractivity contribution in [1.29, 1.82) is 0 Å². The molecule has 0 saturated carbocycles. The number of aromatic amines is 1. The van der Waals surface area contributed by atoms with Gasteiger partial charge in [-0.1, -0.05) is 26.1 Å². The van der Waals surface area contributed by atoms with Crippen LogP contribution < -0.4 is 0 Å². The number of nitrogens with zero attached hydrogens (tertiary/aromatic N) is 1. The Morgan fingerprint density at radius 3 is 2.57 bits per heavy atom. The first kappa shape index (κ1) is 11.3. The molecule has 4 heteroatoms. The van der Waals surface area contributed by atoms with E-state index >= 15 is 0 Å². The Balaban J connectivity index is 3.10. The maximum absolute atomic E-state index is 5.37. The summed E-state index contributed by atoms with van der Waals surface area (Å²) in [6, 6.07) is 1.84. The van der Waals surface area contributed by atoms with E-state index in [1.165, 1.54) is 0 Å². The molecule has 0 aliphatic carbocycles. The van der Waals surface area contributed by atoms with Gasteiger partial charge < -0.3 is 9.72 Å². The summed E-state index contributed by atoms with van der Waals surface area (Å²) in [6.45, 7) is 6.15. The van der Waals surface area contributed by atoms with E-state index in [1.54, 1.807) is 7.11 Å². The van der Waals surface area contributed by atoms with E-state index in [4.69, 9.17) is 17.0 Å². The minimum atomic E-state index is -0.0170. The number of rotatable bonds is 3. The number of H-pyrrole nitrogens is 1. The van der Waals surface area contributed by atoms with Crippen LogP contribution in [0, 0.1) is 17.5 Å². The van der Waals surface area contributed by atoms with Crippen molar-refractivity contribution >= 4 is 12.2 Å². The molecule has 1 N–H and O–H groups in total. The van der Waals surface area contributed by atoms with E-state index in [9.17, 15) is 0 Å². The second-order valence-corrected chi connectivity index (χ2v) is 4.11. The second-order valence-electron chi connectivity index (χ2n) is 3.69. The normalized spacial score (nSPS) is 13.2. The summed E-state index contributed by atoms with van der Waals surface area (Å²) in [4.78, 5) is 7.44. The first-order chi connectivity index (χ1) is 6.54. The summed E-state index contributed by atoms with van der Waals surface area (Å²) in [5, 5.41) is 0. The van der Waals surface area contributed by atoms with Crippen molar-refractivity contribution in [2.75, 3.05) is 7.11 Å². The molecule has 1 aromatic heterocycles. The molecule has 0 saturated heterocycles. The summed E-state index contributed by atoms with van der Waals surface area (Å²) < 4.78 is 5.98. The third-order valence-corrected chi connectivity index (χ3v) is 2.23. The molecule has 1 rings (SSSR count). The van der Waals surface area contributed by atoms with E-state index < -0.39 is 0 Å². The third kappa shape index (κ3) is 2.62. The van der Waals surface area contributed by atoms with Crippen LogP contribution in [0.3, 0.4) is 0 Å². The van der Waals surface area contributed by atoms with Crippen molar-refractivity contribution < 1.29 is 4.74 Å². The van der Waals surface area contributed by atoms with Gasteiger partial charge in [0.2, 0.25) is 0 Å². The molecule has 1 heterocycles. The van der Waals surface area contributed by atoms with Gasteiger partial charge >= 0.3 is 0 Å². The average Bonchev–Trinajstić information content (AvgIpc) is 2.02. The quantitative estimate of drug-likeness (QED) is 0.783. The lowest BCUT2D eigenvalue weighted by Crippen LogP contribution is -2.13. The highest BCUT2D eigenvalue weighted by atomic mass is 32.1. The number of nitrogens with one attached hydrogen (secondary N) is 1. The highest BCUT2D eigenvalue weighted by Crippen LogP contribution is 2.21. The Kier molecular flexibility index (Phi) is 3.77. The molecular formula is C10H16N2OS. The number of hydrogen-bond donors (Lipinski definition) is 1. The first-order valence-corrected chi connectivity index (χ1v) is 5.06. The fourth-order valence-electron chi connectivity index (χ4n) is 1.44.